The summed E-state index contributed by atoms with van der Waals surface area (Å²) in [5.74, 6) is 0.579. The van der Waals surface area contributed by atoms with Gasteiger partial charge in [-0.05, 0) is 24.3 Å². The third-order valence-corrected chi connectivity index (χ3v) is 2.74. The first-order valence-corrected chi connectivity index (χ1v) is 5.84. The SMILES string of the molecule is COc1ccc(-n2nccc2-c2ccccn2)cn1. The molecule has 0 saturated carbocycles. The molecule has 0 aromatic carbocycles. The summed E-state index contributed by atoms with van der Waals surface area (Å²) in [5, 5.41) is 4.31. The predicted octanol–water partition coefficient (Wildman–Crippen LogP) is 2.34. The Morgan fingerprint density at radius 1 is 1.00 bits per heavy atom. The van der Waals surface area contributed by atoms with Gasteiger partial charge in [-0.3, -0.25) is 4.98 Å². The summed E-state index contributed by atoms with van der Waals surface area (Å²) in [4.78, 5) is 8.52. The van der Waals surface area contributed by atoms with E-state index in [-0.39, 0.29) is 0 Å². The second-order valence-corrected chi connectivity index (χ2v) is 3.90. The molecule has 3 aromatic heterocycles. The van der Waals surface area contributed by atoms with Gasteiger partial charge in [-0.1, -0.05) is 6.07 Å². The van der Waals surface area contributed by atoms with Crippen LogP contribution in [0.25, 0.3) is 17.1 Å². The zero-order chi connectivity index (χ0) is 13.1. The van der Waals surface area contributed by atoms with Crippen molar-refractivity contribution in [3.63, 3.8) is 0 Å². The Morgan fingerprint density at radius 2 is 1.95 bits per heavy atom. The number of rotatable bonds is 3. The fourth-order valence-electron chi connectivity index (χ4n) is 1.84. The third-order valence-electron chi connectivity index (χ3n) is 2.74. The maximum atomic E-state index is 5.05. The predicted molar refractivity (Wildman–Crippen MR) is 71.1 cm³/mol. The van der Waals surface area contributed by atoms with E-state index in [1.54, 1.807) is 36.4 Å². The van der Waals surface area contributed by atoms with Gasteiger partial charge in [0.25, 0.3) is 0 Å². The van der Waals surface area contributed by atoms with Gasteiger partial charge in [-0.15, -0.1) is 0 Å². The summed E-state index contributed by atoms with van der Waals surface area (Å²) in [6, 6.07) is 11.4. The fraction of sp³-hybridized carbons (Fsp3) is 0.0714. The zero-order valence-electron chi connectivity index (χ0n) is 10.4. The fourth-order valence-corrected chi connectivity index (χ4v) is 1.84. The van der Waals surface area contributed by atoms with Gasteiger partial charge in [0, 0.05) is 12.3 Å². The van der Waals surface area contributed by atoms with Crippen molar-refractivity contribution in [3.05, 3.63) is 55.0 Å². The van der Waals surface area contributed by atoms with Gasteiger partial charge in [0.1, 0.15) is 0 Å². The first-order chi connectivity index (χ1) is 9.38. The minimum atomic E-state index is 0.579. The van der Waals surface area contributed by atoms with Crippen molar-refractivity contribution in [2.45, 2.75) is 0 Å². The highest BCUT2D eigenvalue weighted by molar-refractivity contribution is 5.57. The van der Waals surface area contributed by atoms with Crippen LogP contribution in [0, 0.1) is 0 Å². The molecule has 0 bridgehead atoms. The van der Waals surface area contributed by atoms with E-state index in [1.165, 1.54) is 0 Å². The second kappa shape index (κ2) is 4.89. The van der Waals surface area contributed by atoms with E-state index in [0.717, 1.165) is 17.1 Å². The lowest BCUT2D eigenvalue weighted by molar-refractivity contribution is 0.397. The Kier molecular flexibility index (Phi) is 2.94. The van der Waals surface area contributed by atoms with Crippen LogP contribution in [0.3, 0.4) is 0 Å². The van der Waals surface area contributed by atoms with Crippen LogP contribution >= 0.6 is 0 Å². The van der Waals surface area contributed by atoms with Gasteiger partial charge in [-0.2, -0.15) is 5.10 Å². The van der Waals surface area contributed by atoms with Crippen LogP contribution in [0.5, 0.6) is 5.88 Å². The van der Waals surface area contributed by atoms with Crippen LogP contribution in [0.15, 0.2) is 55.0 Å². The molecule has 0 aliphatic heterocycles. The number of pyridine rings is 2. The lowest BCUT2D eigenvalue weighted by atomic mass is 10.2. The normalized spacial score (nSPS) is 10.4. The molecule has 0 atom stereocenters. The summed E-state index contributed by atoms with van der Waals surface area (Å²) in [6.45, 7) is 0. The quantitative estimate of drug-likeness (QED) is 0.718. The molecule has 0 amide bonds. The number of aromatic nitrogens is 4. The Bertz CT molecular complexity index is 661. The van der Waals surface area contributed by atoms with Crippen LogP contribution < -0.4 is 4.74 Å². The van der Waals surface area contributed by atoms with Gasteiger partial charge < -0.3 is 4.74 Å². The summed E-state index contributed by atoms with van der Waals surface area (Å²) in [7, 11) is 1.59. The summed E-state index contributed by atoms with van der Waals surface area (Å²) < 4.78 is 6.85. The van der Waals surface area contributed by atoms with E-state index in [1.807, 2.05) is 30.3 Å². The summed E-state index contributed by atoms with van der Waals surface area (Å²) in [5.41, 5.74) is 2.66. The molecule has 0 aliphatic rings. The van der Waals surface area contributed by atoms with E-state index in [4.69, 9.17) is 4.74 Å². The van der Waals surface area contributed by atoms with Crippen LogP contribution in [0.4, 0.5) is 0 Å². The van der Waals surface area contributed by atoms with Gasteiger partial charge in [0.15, 0.2) is 0 Å². The summed E-state index contributed by atoms with van der Waals surface area (Å²) in [6.07, 6.45) is 5.23. The van der Waals surface area contributed by atoms with Crippen LogP contribution in [0.1, 0.15) is 0 Å². The number of hydrogen-bond donors (Lipinski definition) is 0. The maximum absolute atomic E-state index is 5.05. The molecule has 0 N–H and O–H groups in total. The number of methoxy groups -OCH3 is 1. The Balaban J connectivity index is 2.04. The average molecular weight is 252 g/mol. The van der Waals surface area contributed by atoms with Crippen LogP contribution in [-0.2, 0) is 0 Å². The van der Waals surface area contributed by atoms with Crippen LogP contribution in [-0.4, -0.2) is 26.9 Å². The molecule has 3 rings (SSSR count). The molecule has 0 aliphatic carbocycles. The first kappa shape index (κ1) is 11.4. The molecule has 94 valence electrons. The average Bonchev–Trinajstić information content (AvgIpc) is 2.98. The third kappa shape index (κ3) is 2.18. The van der Waals surface area contributed by atoms with Crippen molar-refractivity contribution >= 4 is 0 Å². The minimum absolute atomic E-state index is 0.579. The van der Waals surface area contributed by atoms with Gasteiger partial charge in [-0.25, -0.2) is 9.67 Å². The maximum Gasteiger partial charge on any atom is 0.213 e. The Hall–Kier alpha value is -2.69. The topological polar surface area (TPSA) is 52.8 Å². The lowest BCUT2D eigenvalue weighted by Crippen LogP contribution is -2.00. The highest BCUT2D eigenvalue weighted by Crippen LogP contribution is 2.20. The highest BCUT2D eigenvalue weighted by Gasteiger charge is 2.08. The van der Waals surface area contributed by atoms with Gasteiger partial charge >= 0.3 is 0 Å². The molecule has 3 aromatic rings. The second-order valence-electron chi connectivity index (χ2n) is 3.90. The van der Waals surface area contributed by atoms with Crippen molar-refractivity contribution in [1.82, 2.24) is 19.7 Å². The molecule has 0 spiro atoms. The van der Waals surface area contributed by atoms with E-state index < -0.39 is 0 Å². The standard InChI is InChI=1S/C14H12N4O/c1-19-14-6-5-11(10-16-14)18-13(7-9-17-18)12-4-2-3-8-15-12/h2-10H,1H3. The molecule has 0 saturated heterocycles. The smallest absolute Gasteiger partial charge is 0.213 e. The molecule has 5 heteroatoms. The Morgan fingerprint density at radius 3 is 2.63 bits per heavy atom. The van der Waals surface area contributed by atoms with E-state index in [0.29, 0.717) is 5.88 Å². The van der Waals surface area contributed by atoms with E-state index in [9.17, 15) is 0 Å². The monoisotopic (exact) mass is 252 g/mol. The van der Waals surface area contributed by atoms with E-state index in [2.05, 4.69) is 15.1 Å². The molecule has 0 fully saturated rings. The van der Waals surface area contributed by atoms with Crippen molar-refractivity contribution in [1.29, 1.82) is 0 Å². The number of nitrogens with zero attached hydrogens (tertiary/aromatic N) is 4. The summed E-state index contributed by atoms with van der Waals surface area (Å²) >= 11 is 0. The first-order valence-electron chi connectivity index (χ1n) is 5.84. The van der Waals surface area contributed by atoms with Crippen molar-refractivity contribution < 1.29 is 4.74 Å². The largest absolute Gasteiger partial charge is 0.481 e. The molecular formula is C14H12N4O. The zero-order valence-corrected chi connectivity index (χ0v) is 10.4. The van der Waals surface area contributed by atoms with Gasteiger partial charge in [0.05, 0.1) is 36.6 Å². The number of ether oxygens (including phenoxy) is 1. The molecule has 0 unspecified atom stereocenters. The van der Waals surface area contributed by atoms with Crippen LogP contribution in [0.2, 0.25) is 0 Å². The van der Waals surface area contributed by atoms with Crippen molar-refractivity contribution in [2.24, 2.45) is 0 Å². The van der Waals surface area contributed by atoms with Gasteiger partial charge in [0.2, 0.25) is 5.88 Å². The molecule has 0 radical (unpaired) electrons. The highest BCUT2D eigenvalue weighted by atomic mass is 16.5. The molecular weight excluding hydrogens is 240 g/mol. The lowest BCUT2D eigenvalue weighted by Gasteiger charge is -2.07. The minimum Gasteiger partial charge on any atom is -0.481 e. The van der Waals surface area contributed by atoms with Crippen molar-refractivity contribution in [2.75, 3.05) is 7.11 Å². The molecule has 3 heterocycles. The molecule has 19 heavy (non-hydrogen) atoms. The Labute approximate surface area is 110 Å². The van der Waals surface area contributed by atoms with Crippen molar-refractivity contribution in [3.8, 4) is 23.0 Å². The van der Waals surface area contributed by atoms with E-state index >= 15 is 0 Å². The number of hydrogen-bond acceptors (Lipinski definition) is 4. The molecule has 5 nitrogen and oxygen atoms in total.